The summed E-state index contributed by atoms with van der Waals surface area (Å²) in [5.41, 5.74) is 2.18. The monoisotopic (exact) mass is 546 g/mol. The number of rotatable bonds is 6. The van der Waals surface area contributed by atoms with Crippen molar-refractivity contribution in [3.05, 3.63) is 11.6 Å². The summed E-state index contributed by atoms with van der Waals surface area (Å²) < 4.78 is 8.16. The molecular formula is C29H45Cl3O3. The maximum atomic E-state index is 12.0. The zero-order valence-electron chi connectivity index (χ0n) is 22.3. The van der Waals surface area contributed by atoms with Crippen molar-refractivity contribution >= 4 is 41.0 Å². The minimum atomic E-state index is -2.09. The summed E-state index contributed by atoms with van der Waals surface area (Å²) in [5, 5.41) is 0. The van der Waals surface area contributed by atoms with Crippen LogP contribution in [0.5, 0.6) is 0 Å². The van der Waals surface area contributed by atoms with Crippen molar-refractivity contribution in [3.63, 3.8) is 0 Å². The highest BCUT2D eigenvalue weighted by atomic mass is 35.6. The lowest BCUT2D eigenvalue weighted by Crippen LogP contribution is -2.51. The van der Waals surface area contributed by atoms with Crippen LogP contribution in [0.2, 0.25) is 0 Å². The Morgan fingerprint density at radius 2 is 1.80 bits per heavy atom. The van der Waals surface area contributed by atoms with Gasteiger partial charge in [-0.1, -0.05) is 65.5 Å². The number of allylic oxidation sites excluding steroid dienone is 1. The van der Waals surface area contributed by atoms with Gasteiger partial charge in [0.1, 0.15) is 6.10 Å². The van der Waals surface area contributed by atoms with Gasteiger partial charge < -0.3 is 9.47 Å². The largest absolute Gasteiger partial charge is 0.512 e. The molecule has 0 heterocycles. The van der Waals surface area contributed by atoms with Crippen LogP contribution in [-0.4, -0.2) is 16.2 Å². The Labute approximate surface area is 228 Å². The summed E-state index contributed by atoms with van der Waals surface area (Å²) in [4.78, 5) is 12.0. The SMILES string of the molecule is CC(C)CCCC(C)[C@H]1CCC2C3CC=C4CC(OC(=O)OC(Cl)(Cl)Cl)CC[C@]4(C)C3CC[C@@]21C. The van der Waals surface area contributed by atoms with E-state index in [1.54, 1.807) is 0 Å². The zero-order valence-corrected chi connectivity index (χ0v) is 24.5. The highest BCUT2D eigenvalue weighted by Gasteiger charge is 2.59. The predicted octanol–water partition coefficient (Wildman–Crippen LogP) is 9.88. The lowest BCUT2D eigenvalue weighted by Gasteiger charge is -2.58. The summed E-state index contributed by atoms with van der Waals surface area (Å²) in [5.74, 6) is 4.92. The summed E-state index contributed by atoms with van der Waals surface area (Å²) in [6.45, 7) is 12.4. The maximum Gasteiger partial charge on any atom is 0.512 e. The summed E-state index contributed by atoms with van der Waals surface area (Å²) in [6, 6.07) is 0. The molecule has 35 heavy (non-hydrogen) atoms. The fourth-order valence-electron chi connectivity index (χ4n) is 9.01. The first-order chi connectivity index (χ1) is 16.3. The standard InChI is InChI=1S/C29H45Cl3O3/c1-18(2)7-6-8-19(3)23-11-12-24-22-10-9-20-17-21(34-26(33)35-29(30,31)32)13-15-27(20,4)25(22)14-16-28(23,24)5/h9,18-19,21-25H,6-8,10-17H2,1-5H3/t19?,21?,22?,23-,24?,25?,27+,28-/m1/s1. The summed E-state index contributed by atoms with van der Waals surface area (Å²) in [7, 11) is 0. The molecule has 3 saturated carbocycles. The highest BCUT2D eigenvalue weighted by Crippen LogP contribution is 2.67. The van der Waals surface area contributed by atoms with E-state index in [1.165, 1.54) is 56.9 Å². The van der Waals surface area contributed by atoms with Crippen molar-refractivity contribution in [1.29, 1.82) is 0 Å². The molecule has 5 unspecified atom stereocenters. The van der Waals surface area contributed by atoms with Crippen molar-refractivity contribution in [2.45, 2.75) is 115 Å². The van der Waals surface area contributed by atoms with Crippen molar-refractivity contribution < 1.29 is 14.3 Å². The lowest BCUT2D eigenvalue weighted by atomic mass is 9.47. The molecule has 200 valence electrons. The third-order valence-corrected chi connectivity index (χ3v) is 11.0. The number of carbonyl (C=O) groups is 1. The Hall–Kier alpha value is -0.120. The van der Waals surface area contributed by atoms with Gasteiger partial charge in [-0.15, -0.1) is 0 Å². The molecule has 0 radical (unpaired) electrons. The Balaban J connectivity index is 1.42. The third kappa shape index (κ3) is 5.83. The van der Waals surface area contributed by atoms with E-state index in [9.17, 15) is 4.79 Å². The van der Waals surface area contributed by atoms with E-state index in [2.05, 4.69) is 40.7 Å². The molecule has 0 bridgehead atoms. The number of alkyl halides is 3. The Kier molecular flexibility index (Phi) is 8.42. The second-order valence-electron chi connectivity index (χ2n) is 13.1. The van der Waals surface area contributed by atoms with Crippen LogP contribution in [-0.2, 0) is 9.47 Å². The van der Waals surface area contributed by atoms with Crippen LogP contribution in [0.15, 0.2) is 11.6 Å². The number of ether oxygens (including phenoxy) is 2. The average molecular weight is 548 g/mol. The molecule has 0 aromatic rings. The molecule has 0 aromatic carbocycles. The van der Waals surface area contributed by atoms with Crippen LogP contribution in [0.1, 0.15) is 105 Å². The molecule has 6 heteroatoms. The predicted molar refractivity (Wildman–Crippen MR) is 145 cm³/mol. The van der Waals surface area contributed by atoms with Gasteiger partial charge in [0.15, 0.2) is 0 Å². The third-order valence-electron chi connectivity index (χ3n) is 10.7. The van der Waals surface area contributed by atoms with E-state index < -0.39 is 10.1 Å². The summed E-state index contributed by atoms with van der Waals surface area (Å²) in [6.07, 6.45) is 14.9. The number of fused-ring (bicyclic) bond motifs is 5. The van der Waals surface area contributed by atoms with Crippen molar-refractivity contribution in [2.75, 3.05) is 0 Å². The van der Waals surface area contributed by atoms with E-state index in [0.717, 1.165) is 54.8 Å². The molecule has 4 aliphatic rings. The first kappa shape index (κ1) is 27.9. The Morgan fingerprint density at radius 3 is 2.49 bits per heavy atom. The number of halogens is 3. The molecule has 0 aromatic heterocycles. The average Bonchev–Trinajstić information content (AvgIpc) is 3.09. The van der Waals surface area contributed by atoms with E-state index in [4.69, 9.17) is 44.3 Å². The lowest BCUT2D eigenvalue weighted by molar-refractivity contribution is -0.0618. The van der Waals surface area contributed by atoms with Crippen LogP contribution in [0.4, 0.5) is 4.79 Å². The normalized spacial score (nSPS) is 39.8. The fourth-order valence-corrected chi connectivity index (χ4v) is 9.20. The van der Waals surface area contributed by atoms with Gasteiger partial charge in [0.2, 0.25) is 0 Å². The molecule has 0 aliphatic heterocycles. The van der Waals surface area contributed by atoms with Crippen molar-refractivity contribution in [2.24, 2.45) is 46.3 Å². The molecule has 3 fully saturated rings. The maximum absolute atomic E-state index is 12.0. The molecule has 0 amide bonds. The molecule has 0 N–H and O–H groups in total. The molecule has 4 rings (SSSR count). The van der Waals surface area contributed by atoms with Gasteiger partial charge in [-0.25, -0.2) is 4.79 Å². The van der Waals surface area contributed by atoms with Crippen LogP contribution < -0.4 is 0 Å². The van der Waals surface area contributed by atoms with Crippen LogP contribution in [0.25, 0.3) is 0 Å². The van der Waals surface area contributed by atoms with Gasteiger partial charge in [-0.3, -0.25) is 0 Å². The van der Waals surface area contributed by atoms with E-state index in [0.29, 0.717) is 5.41 Å². The molecular weight excluding hydrogens is 503 g/mol. The van der Waals surface area contributed by atoms with Gasteiger partial charge in [-0.05, 0) is 126 Å². The molecule has 0 spiro atoms. The van der Waals surface area contributed by atoms with Crippen LogP contribution in [0.3, 0.4) is 0 Å². The van der Waals surface area contributed by atoms with Gasteiger partial charge in [0.25, 0.3) is 0 Å². The topological polar surface area (TPSA) is 35.5 Å². The number of hydrogen-bond donors (Lipinski definition) is 0. The molecule has 8 atom stereocenters. The van der Waals surface area contributed by atoms with Gasteiger partial charge in [0, 0.05) is 6.42 Å². The summed E-state index contributed by atoms with van der Waals surface area (Å²) >= 11 is 16.7. The first-order valence-electron chi connectivity index (χ1n) is 14.0. The van der Waals surface area contributed by atoms with Crippen molar-refractivity contribution in [1.82, 2.24) is 0 Å². The minimum Gasteiger partial charge on any atom is -0.431 e. The minimum absolute atomic E-state index is 0.206. The Bertz CT molecular complexity index is 805. The van der Waals surface area contributed by atoms with E-state index in [1.807, 2.05) is 0 Å². The van der Waals surface area contributed by atoms with Crippen molar-refractivity contribution in [3.8, 4) is 0 Å². The Morgan fingerprint density at radius 1 is 1.06 bits per heavy atom. The van der Waals surface area contributed by atoms with E-state index >= 15 is 0 Å². The second-order valence-corrected chi connectivity index (χ2v) is 15.2. The quantitative estimate of drug-likeness (QED) is 0.188. The van der Waals surface area contributed by atoms with E-state index in [-0.39, 0.29) is 11.5 Å². The van der Waals surface area contributed by atoms with Gasteiger partial charge in [0.05, 0.1) is 0 Å². The van der Waals surface area contributed by atoms with Crippen LogP contribution in [0, 0.1) is 46.3 Å². The van der Waals surface area contributed by atoms with Gasteiger partial charge >= 0.3 is 10.1 Å². The molecule has 0 saturated heterocycles. The zero-order chi connectivity index (χ0) is 25.6. The first-order valence-corrected chi connectivity index (χ1v) is 15.1. The van der Waals surface area contributed by atoms with Gasteiger partial charge in [-0.2, -0.15) is 0 Å². The fraction of sp³-hybridized carbons (Fsp3) is 0.897. The molecule has 3 nitrogen and oxygen atoms in total. The number of carbonyl (C=O) groups excluding carboxylic acids is 1. The number of hydrogen-bond acceptors (Lipinski definition) is 3. The highest BCUT2D eigenvalue weighted by molar-refractivity contribution is 6.66. The molecule has 4 aliphatic carbocycles. The smallest absolute Gasteiger partial charge is 0.431 e. The second kappa shape index (κ2) is 10.6. The van der Waals surface area contributed by atoms with Crippen LogP contribution >= 0.6 is 34.8 Å².